The lowest BCUT2D eigenvalue weighted by Crippen LogP contribution is -2.16. The maximum atomic E-state index is 13.1. The van der Waals surface area contributed by atoms with E-state index in [4.69, 9.17) is 9.84 Å². The first-order valence-corrected chi connectivity index (χ1v) is 7.46. The number of carbonyl (C=O) groups is 1. The number of ether oxygens (including phenoxy) is 1. The molecular formula is C15H14F3N5O3. The molecule has 138 valence electrons. The molecule has 0 fully saturated rings. The zero-order valence-corrected chi connectivity index (χ0v) is 13.9. The number of aryl methyl sites for hydroxylation is 1. The third kappa shape index (κ3) is 2.95. The zero-order chi connectivity index (χ0) is 19.2. The van der Waals surface area contributed by atoms with Crippen LogP contribution in [0.4, 0.5) is 13.2 Å². The van der Waals surface area contributed by atoms with Gasteiger partial charge in [0.1, 0.15) is 23.0 Å². The van der Waals surface area contributed by atoms with Gasteiger partial charge in [-0.1, -0.05) is 5.21 Å². The van der Waals surface area contributed by atoms with Gasteiger partial charge in [-0.2, -0.15) is 13.2 Å². The Labute approximate surface area is 144 Å². The average Bonchev–Trinajstić information content (AvgIpc) is 3.06. The first-order valence-electron chi connectivity index (χ1n) is 7.46. The predicted molar refractivity (Wildman–Crippen MR) is 82.9 cm³/mol. The number of fused-ring (bicyclic) bond motifs is 1. The van der Waals surface area contributed by atoms with Crippen LogP contribution in [0.5, 0.6) is 11.6 Å². The molecule has 0 spiro atoms. The minimum atomic E-state index is -4.56. The topological polar surface area (TPSA) is 95.1 Å². The third-order valence-corrected chi connectivity index (χ3v) is 3.89. The van der Waals surface area contributed by atoms with Crippen LogP contribution in [0, 0.1) is 6.92 Å². The quantitative estimate of drug-likeness (QED) is 0.760. The Balaban J connectivity index is 2.00. The van der Waals surface area contributed by atoms with Gasteiger partial charge in [-0.15, -0.1) is 10.2 Å². The minimum absolute atomic E-state index is 0.148. The van der Waals surface area contributed by atoms with Crippen LogP contribution in [0.3, 0.4) is 0 Å². The summed E-state index contributed by atoms with van der Waals surface area (Å²) in [6, 6.07) is 3.51. The van der Waals surface area contributed by atoms with Crippen molar-refractivity contribution in [3.63, 3.8) is 0 Å². The number of aliphatic carboxylic acids is 1. The highest BCUT2D eigenvalue weighted by Crippen LogP contribution is 2.36. The van der Waals surface area contributed by atoms with Gasteiger partial charge < -0.3 is 9.84 Å². The van der Waals surface area contributed by atoms with Gasteiger partial charge in [-0.25, -0.2) is 9.48 Å². The summed E-state index contributed by atoms with van der Waals surface area (Å²) >= 11 is 0. The van der Waals surface area contributed by atoms with Crippen molar-refractivity contribution in [1.82, 2.24) is 24.8 Å². The van der Waals surface area contributed by atoms with Gasteiger partial charge in [0.05, 0.1) is 5.52 Å². The summed E-state index contributed by atoms with van der Waals surface area (Å²) in [7, 11) is 1.18. The standard InChI is InChI=1S/C15H14F3N5O3/c1-7-12(15(16,17)18)22(3)20-13(7)26-9-4-5-10-11(6-9)23(21-19-10)8(2)14(24)25/h4-6,8H,1-3H3,(H,24,25). The summed E-state index contributed by atoms with van der Waals surface area (Å²) in [6.45, 7) is 2.70. The molecule has 3 aromatic rings. The molecule has 0 aliphatic heterocycles. The molecule has 1 N–H and O–H groups in total. The number of benzene rings is 1. The largest absolute Gasteiger partial charge is 0.480 e. The normalized spacial score (nSPS) is 13.2. The number of nitrogens with zero attached hydrogens (tertiary/aromatic N) is 5. The molecule has 0 bridgehead atoms. The summed E-state index contributed by atoms with van der Waals surface area (Å²) in [5.41, 5.74) is -0.244. The second-order valence-corrected chi connectivity index (χ2v) is 5.70. The van der Waals surface area contributed by atoms with Gasteiger partial charge in [0.25, 0.3) is 0 Å². The molecule has 0 radical (unpaired) electrons. The van der Waals surface area contributed by atoms with Crippen LogP contribution in [-0.2, 0) is 18.0 Å². The van der Waals surface area contributed by atoms with Gasteiger partial charge >= 0.3 is 12.1 Å². The van der Waals surface area contributed by atoms with E-state index in [0.717, 1.165) is 0 Å². The second kappa shape index (κ2) is 6.00. The van der Waals surface area contributed by atoms with Crippen LogP contribution in [0.1, 0.15) is 24.2 Å². The van der Waals surface area contributed by atoms with Gasteiger partial charge in [0, 0.05) is 18.7 Å². The molecule has 8 nitrogen and oxygen atoms in total. The molecule has 1 unspecified atom stereocenters. The zero-order valence-electron chi connectivity index (χ0n) is 13.9. The van der Waals surface area contributed by atoms with Crippen LogP contribution in [-0.4, -0.2) is 35.9 Å². The molecule has 2 aromatic heterocycles. The monoisotopic (exact) mass is 369 g/mol. The van der Waals surface area contributed by atoms with Crippen molar-refractivity contribution in [3.8, 4) is 11.6 Å². The highest BCUT2D eigenvalue weighted by Gasteiger charge is 2.38. The summed E-state index contributed by atoms with van der Waals surface area (Å²) in [5.74, 6) is -1.10. The highest BCUT2D eigenvalue weighted by atomic mass is 19.4. The molecule has 0 aliphatic carbocycles. The Morgan fingerprint density at radius 2 is 2.04 bits per heavy atom. The van der Waals surface area contributed by atoms with Gasteiger partial charge in [0.15, 0.2) is 0 Å². The van der Waals surface area contributed by atoms with Gasteiger partial charge in [-0.05, 0) is 26.0 Å². The summed E-state index contributed by atoms with van der Waals surface area (Å²) in [5, 5.41) is 20.6. The number of aromatic nitrogens is 5. The Bertz CT molecular complexity index is 992. The van der Waals surface area contributed by atoms with Crippen molar-refractivity contribution >= 4 is 17.0 Å². The minimum Gasteiger partial charge on any atom is -0.480 e. The summed E-state index contributed by atoms with van der Waals surface area (Å²) < 4.78 is 46.6. The van der Waals surface area contributed by atoms with E-state index in [1.54, 1.807) is 0 Å². The summed E-state index contributed by atoms with van der Waals surface area (Å²) in [6.07, 6.45) is -4.56. The number of hydrogen-bond donors (Lipinski definition) is 1. The van der Waals surface area contributed by atoms with Crippen LogP contribution >= 0.6 is 0 Å². The van der Waals surface area contributed by atoms with E-state index in [2.05, 4.69) is 15.4 Å². The first kappa shape index (κ1) is 17.7. The molecule has 3 rings (SSSR count). The Hall–Kier alpha value is -3.11. The maximum absolute atomic E-state index is 13.1. The molecule has 26 heavy (non-hydrogen) atoms. The fourth-order valence-electron chi connectivity index (χ4n) is 2.58. The van der Waals surface area contributed by atoms with Crippen molar-refractivity contribution in [3.05, 3.63) is 29.5 Å². The number of carboxylic acid groups (broad SMARTS) is 1. The molecular weight excluding hydrogens is 355 g/mol. The lowest BCUT2D eigenvalue weighted by molar-refractivity contribution is -0.144. The van der Waals surface area contributed by atoms with E-state index in [9.17, 15) is 18.0 Å². The number of rotatable bonds is 4. The van der Waals surface area contributed by atoms with E-state index >= 15 is 0 Å². The molecule has 0 saturated carbocycles. The number of alkyl halides is 3. The van der Waals surface area contributed by atoms with E-state index in [1.165, 1.54) is 43.8 Å². The predicted octanol–water partition coefficient (Wildman–Crippen LogP) is 2.93. The Kier molecular flexibility index (Phi) is 4.09. The van der Waals surface area contributed by atoms with Crippen LogP contribution < -0.4 is 4.74 Å². The van der Waals surface area contributed by atoms with Crippen molar-refractivity contribution in [1.29, 1.82) is 0 Å². The van der Waals surface area contributed by atoms with E-state index < -0.39 is 23.9 Å². The van der Waals surface area contributed by atoms with Crippen molar-refractivity contribution < 1.29 is 27.8 Å². The third-order valence-electron chi connectivity index (χ3n) is 3.89. The second-order valence-electron chi connectivity index (χ2n) is 5.70. The molecule has 1 aromatic carbocycles. The molecule has 0 aliphatic rings. The average molecular weight is 369 g/mol. The first-order chi connectivity index (χ1) is 12.1. The van der Waals surface area contributed by atoms with E-state index in [1.807, 2.05) is 0 Å². The van der Waals surface area contributed by atoms with Crippen molar-refractivity contribution in [2.45, 2.75) is 26.1 Å². The van der Waals surface area contributed by atoms with Crippen molar-refractivity contribution in [2.75, 3.05) is 0 Å². The fourth-order valence-corrected chi connectivity index (χ4v) is 2.58. The van der Waals surface area contributed by atoms with Gasteiger partial charge in [-0.3, -0.25) is 4.68 Å². The van der Waals surface area contributed by atoms with E-state index in [0.29, 0.717) is 15.7 Å². The highest BCUT2D eigenvalue weighted by molar-refractivity contribution is 5.79. The molecule has 1 atom stereocenters. The Morgan fingerprint density at radius 1 is 1.35 bits per heavy atom. The Morgan fingerprint density at radius 3 is 2.62 bits per heavy atom. The maximum Gasteiger partial charge on any atom is 0.433 e. The fraction of sp³-hybridized carbons (Fsp3) is 0.333. The summed E-state index contributed by atoms with van der Waals surface area (Å²) in [4.78, 5) is 11.2. The van der Waals surface area contributed by atoms with Crippen LogP contribution in [0.15, 0.2) is 18.2 Å². The van der Waals surface area contributed by atoms with Crippen LogP contribution in [0.25, 0.3) is 11.0 Å². The van der Waals surface area contributed by atoms with E-state index in [-0.39, 0.29) is 17.2 Å². The lowest BCUT2D eigenvalue weighted by atomic mass is 10.2. The lowest BCUT2D eigenvalue weighted by Gasteiger charge is -2.08. The number of hydrogen-bond acceptors (Lipinski definition) is 5. The van der Waals surface area contributed by atoms with Crippen LogP contribution in [0.2, 0.25) is 0 Å². The smallest absolute Gasteiger partial charge is 0.433 e. The van der Waals surface area contributed by atoms with Gasteiger partial charge in [0.2, 0.25) is 5.88 Å². The van der Waals surface area contributed by atoms with Crippen molar-refractivity contribution in [2.24, 2.45) is 7.05 Å². The molecule has 0 saturated heterocycles. The number of halogens is 3. The molecule has 0 amide bonds. The number of carboxylic acids is 1. The molecule has 11 heteroatoms. The SMILES string of the molecule is Cc1c(Oc2ccc3nnn(C(C)C(=O)O)c3c2)nn(C)c1C(F)(F)F. The molecule has 2 heterocycles.